The first-order valence-electron chi connectivity index (χ1n) is 4.77. The van der Waals surface area contributed by atoms with E-state index in [1.165, 1.54) is 16.6 Å². The monoisotopic (exact) mass is 174 g/mol. The van der Waals surface area contributed by atoms with Crippen LogP contribution < -0.4 is 5.46 Å². The Morgan fingerprint density at radius 1 is 1.31 bits per heavy atom. The van der Waals surface area contributed by atoms with Crippen molar-refractivity contribution >= 4 is 12.9 Å². The lowest BCUT2D eigenvalue weighted by atomic mass is 9.81. The fraction of sp³-hybridized carbons (Fsp3) is 0.455. The first-order valence-corrected chi connectivity index (χ1v) is 4.77. The van der Waals surface area contributed by atoms with Crippen LogP contribution in [0.1, 0.15) is 31.9 Å². The van der Waals surface area contributed by atoms with Crippen molar-refractivity contribution in [3.05, 3.63) is 29.3 Å². The van der Waals surface area contributed by atoms with Gasteiger partial charge in [-0.15, -0.1) is 0 Å². The van der Waals surface area contributed by atoms with Gasteiger partial charge in [0.1, 0.15) is 0 Å². The topological polar surface area (TPSA) is 9.23 Å². The second-order valence-electron chi connectivity index (χ2n) is 4.73. The molecule has 1 nitrogen and oxygen atoms in total. The van der Waals surface area contributed by atoms with Gasteiger partial charge >= 0.3 is 7.48 Å². The number of hydrogen-bond acceptors (Lipinski definition) is 1. The molecule has 1 heterocycles. The van der Waals surface area contributed by atoms with E-state index >= 15 is 0 Å². The quantitative estimate of drug-likeness (QED) is 0.541. The first-order chi connectivity index (χ1) is 6.07. The minimum atomic E-state index is 0.248. The van der Waals surface area contributed by atoms with Gasteiger partial charge in [0.25, 0.3) is 0 Å². The third-order valence-corrected chi connectivity index (χ3v) is 2.59. The lowest BCUT2D eigenvalue weighted by Gasteiger charge is -2.19. The Bertz CT molecular complexity index is 325. The lowest BCUT2D eigenvalue weighted by Crippen LogP contribution is -2.16. The third kappa shape index (κ3) is 1.64. The zero-order chi connectivity index (χ0) is 9.47. The van der Waals surface area contributed by atoms with Gasteiger partial charge in [0.15, 0.2) is 0 Å². The van der Waals surface area contributed by atoms with Gasteiger partial charge in [-0.2, -0.15) is 0 Å². The molecule has 0 saturated heterocycles. The van der Waals surface area contributed by atoms with Gasteiger partial charge in [0, 0.05) is 0 Å². The molecule has 0 aromatic heterocycles. The van der Waals surface area contributed by atoms with Gasteiger partial charge in [-0.05, 0) is 22.0 Å². The fourth-order valence-corrected chi connectivity index (χ4v) is 1.64. The highest BCUT2D eigenvalue weighted by atomic mass is 16.4. The minimum Gasteiger partial charge on any atom is -0.430 e. The van der Waals surface area contributed by atoms with Gasteiger partial charge in [-0.25, -0.2) is 0 Å². The van der Waals surface area contributed by atoms with Crippen LogP contribution >= 0.6 is 0 Å². The van der Waals surface area contributed by atoms with E-state index < -0.39 is 0 Å². The van der Waals surface area contributed by atoms with Crippen molar-refractivity contribution in [1.82, 2.24) is 0 Å². The van der Waals surface area contributed by atoms with Crippen LogP contribution in [0.2, 0.25) is 0 Å². The maximum absolute atomic E-state index is 5.38. The van der Waals surface area contributed by atoms with E-state index in [0.717, 1.165) is 14.1 Å². The van der Waals surface area contributed by atoms with Crippen LogP contribution in [0.3, 0.4) is 0 Å². The van der Waals surface area contributed by atoms with E-state index in [0.29, 0.717) is 0 Å². The maximum atomic E-state index is 5.38. The summed E-state index contributed by atoms with van der Waals surface area (Å²) < 4.78 is 5.38. The Kier molecular flexibility index (Phi) is 1.96. The predicted molar refractivity (Wildman–Crippen MR) is 56.7 cm³/mol. The van der Waals surface area contributed by atoms with Crippen molar-refractivity contribution in [3.63, 3.8) is 0 Å². The summed E-state index contributed by atoms with van der Waals surface area (Å²) in [6.45, 7) is 7.51. The van der Waals surface area contributed by atoms with Crippen LogP contribution in [0, 0.1) is 0 Å². The molecular weight excluding hydrogens is 159 g/mol. The summed E-state index contributed by atoms with van der Waals surface area (Å²) in [7, 11) is 0.791. The standard InChI is InChI=1S/C11H15BO/c1-11(2,3)9-4-5-10-8(6-9)7-13-12-10/h4-6,12H,7H2,1-3H3. The SMILES string of the molecule is CC(C)(C)c1ccc2c(c1)COB2. The molecule has 0 bridgehead atoms. The average molecular weight is 174 g/mol. The van der Waals surface area contributed by atoms with Crippen LogP contribution in [0.15, 0.2) is 18.2 Å². The Labute approximate surface area is 80.4 Å². The number of rotatable bonds is 0. The van der Waals surface area contributed by atoms with Crippen molar-refractivity contribution in [2.75, 3.05) is 0 Å². The summed E-state index contributed by atoms with van der Waals surface area (Å²) in [4.78, 5) is 0. The predicted octanol–water partition coefficient (Wildman–Crippen LogP) is 1.49. The van der Waals surface area contributed by atoms with E-state index in [9.17, 15) is 0 Å². The molecule has 0 radical (unpaired) electrons. The Balaban J connectivity index is 2.42. The molecule has 2 rings (SSSR count). The van der Waals surface area contributed by atoms with Crippen molar-refractivity contribution in [3.8, 4) is 0 Å². The Morgan fingerprint density at radius 3 is 2.77 bits per heavy atom. The summed E-state index contributed by atoms with van der Waals surface area (Å²) in [6.07, 6.45) is 0. The third-order valence-electron chi connectivity index (χ3n) is 2.59. The molecule has 1 aromatic carbocycles. The van der Waals surface area contributed by atoms with E-state index in [1.807, 2.05) is 0 Å². The molecule has 0 spiro atoms. The van der Waals surface area contributed by atoms with Crippen LogP contribution in [-0.4, -0.2) is 7.48 Å². The molecule has 0 aliphatic carbocycles. The molecule has 2 heteroatoms. The number of benzene rings is 1. The van der Waals surface area contributed by atoms with Gasteiger partial charge in [0.2, 0.25) is 0 Å². The number of fused-ring (bicyclic) bond motifs is 1. The largest absolute Gasteiger partial charge is 0.430 e. The summed E-state index contributed by atoms with van der Waals surface area (Å²) in [6, 6.07) is 6.69. The molecule has 1 aromatic rings. The molecule has 1 aliphatic rings. The smallest absolute Gasteiger partial charge is 0.309 e. The molecular formula is C11H15BO. The van der Waals surface area contributed by atoms with E-state index in [2.05, 4.69) is 39.0 Å². The minimum absolute atomic E-state index is 0.248. The van der Waals surface area contributed by atoms with Crippen LogP contribution in [0.5, 0.6) is 0 Å². The van der Waals surface area contributed by atoms with Crippen molar-refractivity contribution < 1.29 is 4.65 Å². The summed E-state index contributed by atoms with van der Waals surface area (Å²) in [5.74, 6) is 0. The lowest BCUT2D eigenvalue weighted by molar-refractivity contribution is 0.345. The fourth-order valence-electron chi connectivity index (χ4n) is 1.64. The molecule has 0 unspecified atom stereocenters. The number of hydrogen-bond donors (Lipinski definition) is 0. The summed E-state index contributed by atoms with van der Waals surface area (Å²) in [5, 5.41) is 0. The Morgan fingerprint density at radius 2 is 2.08 bits per heavy atom. The molecule has 0 atom stereocenters. The van der Waals surface area contributed by atoms with Crippen molar-refractivity contribution in [2.24, 2.45) is 0 Å². The summed E-state index contributed by atoms with van der Waals surface area (Å²) in [5.41, 5.74) is 4.37. The van der Waals surface area contributed by atoms with Crippen LogP contribution in [0.25, 0.3) is 0 Å². The second-order valence-corrected chi connectivity index (χ2v) is 4.73. The second kappa shape index (κ2) is 2.88. The molecule has 0 amide bonds. The van der Waals surface area contributed by atoms with Crippen molar-refractivity contribution in [2.45, 2.75) is 32.8 Å². The molecule has 0 fully saturated rings. The van der Waals surface area contributed by atoms with Gasteiger partial charge < -0.3 is 4.65 Å². The highest BCUT2D eigenvalue weighted by molar-refractivity contribution is 6.48. The molecule has 13 heavy (non-hydrogen) atoms. The van der Waals surface area contributed by atoms with E-state index in [-0.39, 0.29) is 5.41 Å². The molecule has 0 saturated carbocycles. The zero-order valence-electron chi connectivity index (χ0n) is 8.55. The van der Waals surface area contributed by atoms with E-state index in [4.69, 9.17) is 4.65 Å². The van der Waals surface area contributed by atoms with E-state index in [1.54, 1.807) is 0 Å². The molecule has 1 aliphatic heterocycles. The van der Waals surface area contributed by atoms with Crippen molar-refractivity contribution in [1.29, 1.82) is 0 Å². The average Bonchev–Trinajstić information content (AvgIpc) is 2.47. The van der Waals surface area contributed by atoms with Gasteiger partial charge in [-0.1, -0.05) is 39.0 Å². The van der Waals surface area contributed by atoms with Gasteiger partial charge in [-0.3, -0.25) is 0 Å². The van der Waals surface area contributed by atoms with Gasteiger partial charge in [0.05, 0.1) is 6.61 Å². The Hall–Kier alpha value is -0.755. The summed E-state index contributed by atoms with van der Waals surface area (Å²) >= 11 is 0. The normalized spacial score (nSPS) is 15.3. The van der Waals surface area contributed by atoms with Crippen LogP contribution in [0.4, 0.5) is 0 Å². The molecule has 68 valence electrons. The van der Waals surface area contributed by atoms with Crippen LogP contribution in [-0.2, 0) is 16.7 Å². The first kappa shape index (κ1) is 8.83. The highest BCUT2D eigenvalue weighted by Gasteiger charge is 2.18. The highest BCUT2D eigenvalue weighted by Crippen LogP contribution is 2.23. The maximum Gasteiger partial charge on any atom is 0.309 e. The molecule has 0 N–H and O–H groups in total. The zero-order valence-corrected chi connectivity index (χ0v) is 8.55.